The Labute approximate surface area is 157 Å². The molecular formula is C20H18N6O. The van der Waals surface area contributed by atoms with Gasteiger partial charge in [0.15, 0.2) is 0 Å². The van der Waals surface area contributed by atoms with Crippen molar-refractivity contribution in [2.24, 2.45) is 0 Å². The zero-order valence-corrected chi connectivity index (χ0v) is 14.8. The number of pyridine rings is 1. The van der Waals surface area contributed by atoms with Crippen molar-refractivity contribution in [3.05, 3.63) is 78.0 Å². The van der Waals surface area contributed by atoms with Gasteiger partial charge in [-0.1, -0.05) is 6.07 Å². The highest BCUT2D eigenvalue weighted by molar-refractivity contribution is 6.03. The van der Waals surface area contributed by atoms with Crippen LogP contribution in [0.25, 0.3) is 0 Å². The van der Waals surface area contributed by atoms with E-state index in [1.807, 2.05) is 30.1 Å². The smallest absolute Gasteiger partial charge is 0.274 e. The predicted octanol–water partition coefficient (Wildman–Crippen LogP) is 2.67. The van der Waals surface area contributed by atoms with Crippen LogP contribution < -0.4 is 10.2 Å². The van der Waals surface area contributed by atoms with Gasteiger partial charge in [0.05, 0.1) is 11.6 Å². The van der Waals surface area contributed by atoms with E-state index in [-0.39, 0.29) is 11.6 Å². The average Bonchev–Trinajstić information content (AvgIpc) is 2.73. The summed E-state index contributed by atoms with van der Waals surface area (Å²) in [5, 5.41) is 11.7. The topological polar surface area (TPSA) is 94.8 Å². The van der Waals surface area contributed by atoms with Crippen LogP contribution in [0.1, 0.15) is 21.6 Å². The summed E-state index contributed by atoms with van der Waals surface area (Å²) in [4.78, 5) is 26.7. The lowest BCUT2D eigenvalue weighted by atomic mass is 10.2. The molecule has 1 amide bonds. The number of nitrogens with one attached hydrogen (secondary N) is 1. The molecule has 1 aromatic carbocycles. The van der Waals surface area contributed by atoms with Gasteiger partial charge in [0.2, 0.25) is 0 Å². The van der Waals surface area contributed by atoms with E-state index >= 15 is 0 Å². The molecule has 0 radical (unpaired) electrons. The number of benzene rings is 1. The summed E-state index contributed by atoms with van der Waals surface area (Å²) in [6.07, 6.45) is 5.75. The van der Waals surface area contributed by atoms with E-state index in [1.54, 1.807) is 42.7 Å². The first-order chi connectivity index (χ1) is 13.2. The molecule has 0 aliphatic carbocycles. The summed E-state index contributed by atoms with van der Waals surface area (Å²) in [5.74, 6) is 0.311. The van der Waals surface area contributed by atoms with Crippen molar-refractivity contribution in [3.8, 4) is 6.07 Å². The number of anilines is 2. The van der Waals surface area contributed by atoms with Gasteiger partial charge < -0.3 is 10.2 Å². The van der Waals surface area contributed by atoms with Crippen LogP contribution in [-0.4, -0.2) is 34.5 Å². The first-order valence-corrected chi connectivity index (χ1v) is 8.39. The SMILES string of the molecule is CN(CCc1ccncc1)c1cc(C(=O)Nc2cccc(C#N)c2)ncn1. The molecule has 3 rings (SSSR count). The van der Waals surface area contributed by atoms with E-state index in [9.17, 15) is 4.79 Å². The maximum Gasteiger partial charge on any atom is 0.274 e. The monoisotopic (exact) mass is 358 g/mol. The number of aromatic nitrogens is 3. The Bertz CT molecular complexity index is 967. The van der Waals surface area contributed by atoms with E-state index in [2.05, 4.69) is 20.3 Å². The predicted molar refractivity (Wildman–Crippen MR) is 102 cm³/mol. The number of amides is 1. The summed E-state index contributed by atoms with van der Waals surface area (Å²) in [6, 6.07) is 14.4. The largest absolute Gasteiger partial charge is 0.359 e. The number of hydrogen-bond acceptors (Lipinski definition) is 6. The Balaban J connectivity index is 1.67. The van der Waals surface area contributed by atoms with Gasteiger partial charge in [-0.2, -0.15) is 5.26 Å². The van der Waals surface area contributed by atoms with Crippen molar-refractivity contribution in [1.82, 2.24) is 15.0 Å². The number of nitriles is 1. The van der Waals surface area contributed by atoms with Crippen LogP contribution in [0.3, 0.4) is 0 Å². The summed E-state index contributed by atoms with van der Waals surface area (Å²) in [6.45, 7) is 0.742. The van der Waals surface area contributed by atoms with E-state index in [0.717, 1.165) is 13.0 Å². The number of nitrogens with zero attached hydrogens (tertiary/aromatic N) is 5. The quantitative estimate of drug-likeness (QED) is 0.728. The summed E-state index contributed by atoms with van der Waals surface area (Å²) < 4.78 is 0. The normalized spacial score (nSPS) is 10.1. The highest BCUT2D eigenvalue weighted by Gasteiger charge is 2.11. The van der Waals surface area contributed by atoms with Gasteiger partial charge in [-0.15, -0.1) is 0 Å². The molecule has 2 heterocycles. The van der Waals surface area contributed by atoms with Crippen LogP contribution in [0.5, 0.6) is 0 Å². The molecular weight excluding hydrogens is 340 g/mol. The van der Waals surface area contributed by atoms with Crippen molar-refractivity contribution in [1.29, 1.82) is 5.26 Å². The molecule has 0 unspecified atom stereocenters. The van der Waals surface area contributed by atoms with Gasteiger partial charge in [-0.05, 0) is 42.3 Å². The molecule has 0 saturated heterocycles. The second-order valence-electron chi connectivity index (χ2n) is 5.94. The first kappa shape index (κ1) is 18.0. The molecule has 0 fully saturated rings. The fourth-order valence-corrected chi connectivity index (χ4v) is 2.50. The summed E-state index contributed by atoms with van der Waals surface area (Å²) in [5.41, 5.74) is 2.47. The van der Waals surface area contributed by atoms with Crippen molar-refractivity contribution in [3.63, 3.8) is 0 Å². The molecule has 2 aromatic heterocycles. The van der Waals surface area contributed by atoms with Gasteiger partial charge in [-0.3, -0.25) is 9.78 Å². The molecule has 134 valence electrons. The molecule has 0 atom stereocenters. The van der Waals surface area contributed by atoms with Gasteiger partial charge in [-0.25, -0.2) is 9.97 Å². The van der Waals surface area contributed by atoms with Crippen LogP contribution in [0, 0.1) is 11.3 Å². The highest BCUT2D eigenvalue weighted by atomic mass is 16.1. The first-order valence-electron chi connectivity index (χ1n) is 8.39. The van der Waals surface area contributed by atoms with E-state index in [4.69, 9.17) is 5.26 Å². The molecule has 1 N–H and O–H groups in total. The standard InChI is InChI=1S/C20H18N6O/c1-26(10-7-15-5-8-22-9-6-15)19-12-18(23-14-24-19)20(27)25-17-4-2-3-16(11-17)13-21/h2-6,8-9,11-12,14H,7,10H2,1H3,(H,25,27). The van der Waals surface area contributed by atoms with Crippen LogP contribution in [-0.2, 0) is 6.42 Å². The third-order valence-corrected chi connectivity index (χ3v) is 4.01. The van der Waals surface area contributed by atoms with Crippen molar-refractivity contribution < 1.29 is 4.79 Å². The Kier molecular flexibility index (Phi) is 5.70. The Morgan fingerprint density at radius 3 is 2.78 bits per heavy atom. The number of hydrogen-bond donors (Lipinski definition) is 1. The molecule has 0 aliphatic heterocycles. The second-order valence-corrected chi connectivity index (χ2v) is 5.94. The van der Waals surface area contributed by atoms with Crippen molar-refractivity contribution in [2.45, 2.75) is 6.42 Å². The molecule has 0 saturated carbocycles. The molecule has 7 heteroatoms. The lowest BCUT2D eigenvalue weighted by Gasteiger charge is -2.18. The lowest BCUT2D eigenvalue weighted by Crippen LogP contribution is -2.23. The maximum absolute atomic E-state index is 12.5. The summed E-state index contributed by atoms with van der Waals surface area (Å²) >= 11 is 0. The fourth-order valence-electron chi connectivity index (χ4n) is 2.50. The Morgan fingerprint density at radius 1 is 1.19 bits per heavy atom. The minimum atomic E-state index is -0.351. The number of carbonyl (C=O) groups is 1. The summed E-state index contributed by atoms with van der Waals surface area (Å²) in [7, 11) is 1.92. The highest BCUT2D eigenvalue weighted by Crippen LogP contribution is 2.14. The fraction of sp³-hybridized carbons (Fsp3) is 0.150. The average molecular weight is 358 g/mol. The van der Waals surface area contributed by atoms with Gasteiger partial charge in [0.1, 0.15) is 17.8 Å². The van der Waals surface area contributed by atoms with Crippen LogP contribution in [0.15, 0.2) is 61.2 Å². The third-order valence-electron chi connectivity index (χ3n) is 4.01. The molecule has 0 bridgehead atoms. The van der Waals surface area contributed by atoms with Gasteiger partial charge in [0.25, 0.3) is 5.91 Å². The van der Waals surface area contributed by atoms with Gasteiger partial charge in [0, 0.05) is 37.7 Å². The number of rotatable bonds is 6. The maximum atomic E-state index is 12.5. The zero-order valence-electron chi connectivity index (χ0n) is 14.8. The van der Waals surface area contributed by atoms with Crippen molar-refractivity contribution >= 4 is 17.4 Å². The van der Waals surface area contributed by atoms with Crippen LogP contribution >= 0.6 is 0 Å². The van der Waals surface area contributed by atoms with Crippen molar-refractivity contribution in [2.75, 3.05) is 23.8 Å². The van der Waals surface area contributed by atoms with Crippen LogP contribution in [0.4, 0.5) is 11.5 Å². The minimum absolute atomic E-state index is 0.262. The second kappa shape index (κ2) is 8.54. The van der Waals surface area contributed by atoms with Gasteiger partial charge >= 0.3 is 0 Å². The molecule has 0 aliphatic rings. The van der Waals surface area contributed by atoms with Crippen LogP contribution in [0.2, 0.25) is 0 Å². The van der Waals surface area contributed by atoms with E-state index in [0.29, 0.717) is 17.1 Å². The lowest BCUT2D eigenvalue weighted by molar-refractivity contribution is 0.102. The van der Waals surface area contributed by atoms with E-state index in [1.165, 1.54) is 11.9 Å². The molecule has 7 nitrogen and oxygen atoms in total. The molecule has 3 aromatic rings. The Morgan fingerprint density at radius 2 is 2.00 bits per heavy atom. The number of carbonyl (C=O) groups excluding carboxylic acids is 1. The number of likely N-dealkylation sites (N-methyl/N-ethyl adjacent to an activating group) is 1. The zero-order chi connectivity index (χ0) is 19.1. The Hall–Kier alpha value is -3.79. The third kappa shape index (κ3) is 4.86. The minimum Gasteiger partial charge on any atom is -0.359 e. The molecule has 27 heavy (non-hydrogen) atoms. The van der Waals surface area contributed by atoms with E-state index < -0.39 is 0 Å². The molecule has 0 spiro atoms.